The van der Waals surface area contributed by atoms with Crippen LogP contribution in [0.25, 0.3) is 11.1 Å². The van der Waals surface area contributed by atoms with Gasteiger partial charge in [-0.1, -0.05) is 79.4 Å². The Morgan fingerprint density at radius 3 is 2.36 bits per heavy atom. The second kappa shape index (κ2) is 10.2. The van der Waals surface area contributed by atoms with Crippen LogP contribution in [-0.4, -0.2) is 12.0 Å². The SMILES string of the molecule is C=C(/C=C\C)/C(C)=C/C(=C\C)C(N)/N=C(\N)c1cccc(-c2ccccc2)c1. The fourth-order valence-corrected chi connectivity index (χ4v) is 2.80. The Labute approximate surface area is 168 Å². The molecular weight excluding hydrogens is 342 g/mol. The highest BCUT2D eigenvalue weighted by atomic mass is 15.0. The molecule has 0 heterocycles. The first-order chi connectivity index (χ1) is 13.5. The normalized spacial score (nSPS) is 14.4. The lowest BCUT2D eigenvalue weighted by molar-refractivity contribution is 0.835. The van der Waals surface area contributed by atoms with Gasteiger partial charge in [0.15, 0.2) is 0 Å². The van der Waals surface area contributed by atoms with Crippen LogP contribution in [0.5, 0.6) is 0 Å². The van der Waals surface area contributed by atoms with Crippen LogP contribution in [0, 0.1) is 0 Å². The lowest BCUT2D eigenvalue weighted by Gasteiger charge is -2.12. The molecule has 0 spiro atoms. The van der Waals surface area contributed by atoms with Crippen molar-refractivity contribution in [2.24, 2.45) is 16.5 Å². The van der Waals surface area contributed by atoms with Crippen LogP contribution in [0.4, 0.5) is 0 Å². The van der Waals surface area contributed by atoms with E-state index in [9.17, 15) is 0 Å². The number of aliphatic imine (C=N–C) groups is 1. The molecule has 0 aliphatic carbocycles. The number of hydrogen-bond acceptors (Lipinski definition) is 2. The summed E-state index contributed by atoms with van der Waals surface area (Å²) in [6.07, 6.45) is 7.35. The summed E-state index contributed by atoms with van der Waals surface area (Å²) in [7, 11) is 0. The number of allylic oxidation sites excluding steroid dienone is 5. The summed E-state index contributed by atoms with van der Waals surface area (Å²) in [4.78, 5) is 4.52. The smallest absolute Gasteiger partial charge is 0.127 e. The first-order valence-corrected chi connectivity index (χ1v) is 9.37. The average Bonchev–Trinajstić information content (AvgIpc) is 2.72. The Morgan fingerprint density at radius 2 is 1.71 bits per heavy atom. The molecule has 0 bridgehead atoms. The molecule has 0 radical (unpaired) electrons. The molecule has 0 aliphatic rings. The molecule has 28 heavy (non-hydrogen) atoms. The van der Waals surface area contributed by atoms with E-state index in [0.717, 1.165) is 33.4 Å². The predicted molar refractivity (Wildman–Crippen MR) is 122 cm³/mol. The van der Waals surface area contributed by atoms with Crippen molar-refractivity contribution >= 4 is 5.84 Å². The van der Waals surface area contributed by atoms with Gasteiger partial charge in [-0.3, -0.25) is 0 Å². The molecule has 0 aromatic heterocycles. The van der Waals surface area contributed by atoms with Crippen molar-refractivity contribution in [2.75, 3.05) is 0 Å². The number of nitrogens with two attached hydrogens (primary N) is 2. The number of hydrogen-bond donors (Lipinski definition) is 2. The highest BCUT2D eigenvalue weighted by molar-refractivity contribution is 5.98. The molecular formula is C25H29N3. The zero-order valence-electron chi connectivity index (χ0n) is 16.9. The molecule has 2 aromatic carbocycles. The molecule has 0 amide bonds. The first kappa shape index (κ1) is 21.1. The highest BCUT2D eigenvalue weighted by Crippen LogP contribution is 2.20. The van der Waals surface area contributed by atoms with Crippen molar-refractivity contribution < 1.29 is 0 Å². The second-order valence-corrected chi connectivity index (χ2v) is 6.55. The van der Waals surface area contributed by atoms with E-state index in [1.807, 2.05) is 81.5 Å². The number of nitrogens with zero attached hydrogens (tertiary/aromatic N) is 1. The molecule has 3 heteroatoms. The van der Waals surface area contributed by atoms with E-state index in [4.69, 9.17) is 11.5 Å². The van der Waals surface area contributed by atoms with E-state index in [1.54, 1.807) is 0 Å². The average molecular weight is 372 g/mol. The third-order valence-corrected chi connectivity index (χ3v) is 4.48. The molecule has 4 N–H and O–H groups in total. The standard InChI is InChI=1S/C25H29N3/c1-5-11-18(3)19(4)16-20(6-2)24(26)28-25(27)23-15-10-14-22(17-23)21-12-8-7-9-13-21/h5-17,24H,3,26H2,1-2,4H3,(H2,27,28)/b11-5-,19-16+,20-6+. The summed E-state index contributed by atoms with van der Waals surface area (Å²) in [5, 5.41) is 0. The Hall–Kier alpha value is -3.17. The molecule has 3 nitrogen and oxygen atoms in total. The molecule has 2 rings (SSSR count). The third kappa shape index (κ3) is 5.66. The van der Waals surface area contributed by atoms with Crippen molar-refractivity contribution in [3.8, 4) is 11.1 Å². The van der Waals surface area contributed by atoms with Crippen LogP contribution >= 0.6 is 0 Å². The fraction of sp³-hybridized carbons (Fsp3) is 0.160. The van der Waals surface area contributed by atoms with Gasteiger partial charge in [-0.15, -0.1) is 0 Å². The topological polar surface area (TPSA) is 64.4 Å². The summed E-state index contributed by atoms with van der Waals surface area (Å²) < 4.78 is 0. The Morgan fingerprint density at radius 1 is 1.04 bits per heavy atom. The molecule has 1 atom stereocenters. The monoisotopic (exact) mass is 371 g/mol. The maximum absolute atomic E-state index is 6.31. The van der Waals surface area contributed by atoms with E-state index < -0.39 is 6.17 Å². The van der Waals surface area contributed by atoms with Crippen LogP contribution in [0.2, 0.25) is 0 Å². The van der Waals surface area contributed by atoms with E-state index in [-0.39, 0.29) is 0 Å². The van der Waals surface area contributed by atoms with Gasteiger partial charge in [0.2, 0.25) is 0 Å². The van der Waals surface area contributed by atoms with Gasteiger partial charge in [0, 0.05) is 5.56 Å². The maximum Gasteiger partial charge on any atom is 0.127 e. The van der Waals surface area contributed by atoms with Crippen LogP contribution < -0.4 is 11.5 Å². The molecule has 1 unspecified atom stereocenters. The van der Waals surface area contributed by atoms with Gasteiger partial charge in [-0.2, -0.15) is 0 Å². The minimum absolute atomic E-state index is 0.419. The number of amidine groups is 1. The predicted octanol–water partition coefficient (Wildman–Crippen LogP) is 5.37. The lowest BCUT2D eigenvalue weighted by atomic mass is 10.0. The van der Waals surface area contributed by atoms with Crippen molar-refractivity contribution in [1.82, 2.24) is 0 Å². The summed E-state index contributed by atoms with van der Waals surface area (Å²) >= 11 is 0. The minimum atomic E-state index is -0.543. The first-order valence-electron chi connectivity index (χ1n) is 9.37. The Bertz CT molecular complexity index is 931. The van der Waals surface area contributed by atoms with E-state index in [1.165, 1.54) is 0 Å². The van der Waals surface area contributed by atoms with E-state index in [2.05, 4.69) is 29.8 Å². The maximum atomic E-state index is 6.31. The van der Waals surface area contributed by atoms with Crippen molar-refractivity contribution in [3.63, 3.8) is 0 Å². The quantitative estimate of drug-likeness (QED) is 0.390. The largest absolute Gasteiger partial charge is 0.383 e. The van der Waals surface area contributed by atoms with Crippen molar-refractivity contribution in [3.05, 3.63) is 108 Å². The molecule has 0 saturated heterocycles. The van der Waals surface area contributed by atoms with Gasteiger partial charge in [0.05, 0.1) is 0 Å². The fourth-order valence-electron chi connectivity index (χ4n) is 2.80. The number of rotatable bonds is 7. The highest BCUT2D eigenvalue weighted by Gasteiger charge is 2.09. The summed E-state index contributed by atoms with van der Waals surface area (Å²) in [5.41, 5.74) is 18.5. The Balaban J connectivity index is 2.26. The number of benzene rings is 2. The van der Waals surface area contributed by atoms with Gasteiger partial charge in [0.1, 0.15) is 12.0 Å². The second-order valence-electron chi connectivity index (χ2n) is 6.55. The van der Waals surface area contributed by atoms with Crippen LogP contribution in [-0.2, 0) is 0 Å². The molecule has 0 fully saturated rings. The summed E-state index contributed by atoms with van der Waals surface area (Å²) in [6, 6.07) is 18.2. The van der Waals surface area contributed by atoms with Crippen LogP contribution in [0.15, 0.2) is 107 Å². The van der Waals surface area contributed by atoms with Crippen LogP contribution in [0.1, 0.15) is 26.3 Å². The van der Waals surface area contributed by atoms with Gasteiger partial charge >= 0.3 is 0 Å². The lowest BCUT2D eigenvalue weighted by Crippen LogP contribution is -2.25. The van der Waals surface area contributed by atoms with E-state index in [0.29, 0.717) is 5.84 Å². The van der Waals surface area contributed by atoms with Crippen molar-refractivity contribution in [1.29, 1.82) is 0 Å². The summed E-state index contributed by atoms with van der Waals surface area (Å²) in [6.45, 7) is 9.97. The van der Waals surface area contributed by atoms with Gasteiger partial charge in [0.25, 0.3) is 0 Å². The van der Waals surface area contributed by atoms with Crippen molar-refractivity contribution in [2.45, 2.75) is 26.9 Å². The summed E-state index contributed by atoms with van der Waals surface area (Å²) in [5.74, 6) is 0.419. The molecule has 0 saturated carbocycles. The molecule has 2 aromatic rings. The van der Waals surface area contributed by atoms with Crippen LogP contribution in [0.3, 0.4) is 0 Å². The van der Waals surface area contributed by atoms with Gasteiger partial charge < -0.3 is 11.5 Å². The van der Waals surface area contributed by atoms with E-state index >= 15 is 0 Å². The minimum Gasteiger partial charge on any atom is -0.383 e. The van der Waals surface area contributed by atoms with Gasteiger partial charge in [-0.05, 0) is 54.7 Å². The Kier molecular flexibility index (Phi) is 7.73. The third-order valence-electron chi connectivity index (χ3n) is 4.48. The zero-order valence-corrected chi connectivity index (χ0v) is 16.9. The zero-order chi connectivity index (χ0) is 20.5. The van der Waals surface area contributed by atoms with Gasteiger partial charge in [-0.25, -0.2) is 4.99 Å². The molecule has 144 valence electrons. The molecule has 0 aliphatic heterocycles.